The van der Waals surface area contributed by atoms with E-state index >= 15 is 0 Å². The van der Waals surface area contributed by atoms with E-state index in [9.17, 15) is 5.11 Å². The van der Waals surface area contributed by atoms with Crippen molar-refractivity contribution in [2.45, 2.75) is 13.5 Å². The van der Waals surface area contributed by atoms with Gasteiger partial charge in [-0.25, -0.2) is 9.97 Å². The third kappa shape index (κ3) is 3.37. The lowest BCUT2D eigenvalue weighted by atomic mass is 10.2. The van der Waals surface area contributed by atoms with Crippen molar-refractivity contribution in [2.75, 3.05) is 19.0 Å². The summed E-state index contributed by atoms with van der Waals surface area (Å²) in [7, 11) is 1.64. The van der Waals surface area contributed by atoms with Crippen LogP contribution in [0.3, 0.4) is 0 Å². The molecule has 20 heavy (non-hydrogen) atoms. The van der Waals surface area contributed by atoms with Gasteiger partial charge in [0.2, 0.25) is 0 Å². The summed E-state index contributed by atoms with van der Waals surface area (Å²) in [6, 6.07) is 6.91. The maximum Gasteiger partial charge on any atom is 0.162 e. The molecule has 0 spiro atoms. The number of rotatable bonds is 5. The summed E-state index contributed by atoms with van der Waals surface area (Å²) in [5.74, 6) is 1.56. The molecular formula is C14H16IN3O2. The van der Waals surface area contributed by atoms with Gasteiger partial charge in [-0.15, -0.1) is 0 Å². The minimum atomic E-state index is 0.197. The highest BCUT2D eigenvalue weighted by Gasteiger charge is 2.13. The molecule has 106 valence electrons. The smallest absolute Gasteiger partial charge is 0.162 e. The van der Waals surface area contributed by atoms with E-state index in [1.807, 2.05) is 13.0 Å². The zero-order valence-corrected chi connectivity index (χ0v) is 13.5. The van der Waals surface area contributed by atoms with Crippen molar-refractivity contribution in [2.24, 2.45) is 0 Å². The molecule has 0 fully saturated rings. The summed E-state index contributed by atoms with van der Waals surface area (Å²) in [6.07, 6.45) is 0. The molecule has 0 bridgehead atoms. The predicted octanol–water partition coefficient (Wildman–Crippen LogP) is 3.03. The van der Waals surface area contributed by atoms with Crippen molar-refractivity contribution in [1.82, 2.24) is 9.97 Å². The Morgan fingerprint density at radius 1 is 1.35 bits per heavy atom. The van der Waals surface area contributed by atoms with Gasteiger partial charge in [-0.3, -0.25) is 0 Å². The molecule has 0 unspecified atom stereocenters. The van der Waals surface area contributed by atoms with Crippen molar-refractivity contribution in [3.63, 3.8) is 0 Å². The highest BCUT2D eigenvalue weighted by atomic mass is 127. The van der Waals surface area contributed by atoms with Crippen LogP contribution in [-0.2, 0) is 11.3 Å². The number of halogens is 1. The van der Waals surface area contributed by atoms with Crippen molar-refractivity contribution in [3.8, 4) is 17.1 Å². The molecule has 1 heterocycles. The Labute approximate surface area is 131 Å². The molecule has 0 aliphatic heterocycles. The van der Waals surface area contributed by atoms with Crippen LogP contribution < -0.4 is 5.32 Å². The van der Waals surface area contributed by atoms with Crippen molar-refractivity contribution < 1.29 is 9.84 Å². The average Bonchev–Trinajstić information content (AvgIpc) is 2.43. The van der Waals surface area contributed by atoms with Gasteiger partial charge in [0.15, 0.2) is 5.82 Å². The fourth-order valence-electron chi connectivity index (χ4n) is 1.78. The molecule has 1 aromatic heterocycles. The first-order chi connectivity index (χ1) is 9.65. The lowest BCUT2D eigenvalue weighted by molar-refractivity contribution is 0.181. The summed E-state index contributed by atoms with van der Waals surface area (Å²) < 4.78 is 6.14. The number of nitrogens with zero attached hydrogens (tertiary/aromatic N) is 2. The highest BCUT2D eigenvalue weighted by molar-refractivity contribution is 14.1. The lowest BCUT2D eigenvalue weighted by Gasteiger charge is -2.12. The lowest BCUT2D eigenvalue weighted by Crippen LogP contribution is -2.08. The van der Waals surface area contributed by atoms with E-state index in [1.54, 1.807) is 25.3 Å². The Hall–Kier alpha value is -1.41. The molecule has 2 aromatic rings. The summed E-state index contributed by atoms with van der Waals surface area (Å²) in [5, 5.41) is 12.8. The van der Waals surface area contributed by atoms with Gasteiger partial charge in [0.1, 0.15) is 11.6 Å². The van der Waals surface area contributed by atoms with E-state index in [0.29, 0.717) is 12.4 Å². The number of anilines is 1. The second-order valence-corrected chi connectivity index (χ2v) is 5.25. The number of benzene rings is 1. The molecular weight excluding hydrogens is 369 g/mol. The Kier molecular flexibility index (Phi) is 5.13. The summed E-state index contributed by atoms with van der Waals surface area (Å²) in [6.45, 7) is 3.21. The summed E-state index contributed by atoms with van der Waals surface area (Å²) in [4.78, 5) is 9.04. The molecule has 0 saturated carbocycles. The van der Waals surface area contributed by atoms with Gasteiger partial charge in [0, 0.05) is 19.2 Å². The summed E-state index contributed by atoms with van der Waals surface area (Å²) >= 11 is 2.21. The average molecular weight is 385 g/mol. The molecule has 0 aliphatic rings. The van der Waals surface area contributed by atoms with Crippen LogP contribution in [0.2, 0.25) is 0 Å². The predicted molar refractivity (Wildman–Crippen MR) is 86.7 cm³/mol. The number of hydrogen-bond donors (Lipinski definition) is 2. The fourth-order valence-corrected chi connectivity index (χ4v) is 2.37. The molecule has 0 radical (unpaired) electrons. The monoisotopic (exact) mass is 385 g/mol. The third-order valence-electron chi connectivity index (χ3n) is 2.65. The van der Waals surface area contributed by atoms with Crippen LogP contribution in [0.5, 0.6) is 5.75 Å². The van der Waals surface area contributed by atoms with Gasteiger partial charge in [0.25, 0.3) is 0 Å². The fraction of sp³-hybridized carbons (Fsp3) is 0.286. The molecule has 0 saturated heterocycles. The van der Waals surface area contributed by atoms with Gasteiger partial charge in [-0.2, -0.15) is 0 Å². The largest absolute Gasteiger partial charge is 0.508 e. The van der Waals surface area contributed by atoms with Gasteiger partial charge < -0.3 is 15.2 Å². The van der Waals surface area contributed by atoms with E-state index in [2.05, 4.69) is 37.9 Å². The second kappa shape index (κ2) is 6.85. The number of phenolic OH excluding ortho intramolecular Hbond substituents is 1. The SMILES string of the molecule is CCNc1nc(-c2cccc(O)c2)nc(COC)c1I. The van der Waals surface area contributed by atoms with Gasteiger partial charge in [0.05, 0.1) is 15.9 Å². The first-order valence-corrected chi connectivity index (χ1v) is 7.32. The number of nitrogens with one attached hydrogen (secondary N) is 1. The zero-order valence-electron chi connectivity index (χ0n) is 11.4. The number of phenols is 1. The molecule has 6 heteroatoms. The first kappa shape index (κ1) is 15.0. The minimum absolute atomic E-state index is 0.197. The van der Waals surface area contributed by atoms with Gasteiger partial charge >= 0.3 is 0 Å². The van der Waals surface area contributed by atoms with E-state index in [0.717, 1.165) is 27.2 Å². The van der Waals surface area contributed by atoms with E-state index < -0.39 is 0 Å². The number of ether oxygens (including phenoxy) is 1. The van der Waals surface area contributed by atoms with Crippen molar-refractivity contribution in [1.29, 1.82) is 0 Å². The molecule has 0 atom stereocenters. The minimum Gasteiger partial charge on any atom is -0.508 e. The Balaban J connectivity index is 2.52. The van der Waals surface area contributed by atoms with Crippen LogP contribution in [0.25, 0.3) is 11.4 Å². The summed E-state index contributed by atoms with van der Waals surface area (Å²) in [5.41, 5.74) is 1.61. The molecule has 1 aromatic carbocycles. The third-order valence-corrected chi connectivity index (χ3v) is 3.78. The number of aromatic hydroxyl groups is 1. The molecule has 0 aliphatic carbocycles. The Morgan fingerprint density at radius 2 is 2.15 bits per heavy atom. The van der Waals surface area contributed by atoms with Crippen molar-refractivity contribution >= 4 is 28.4 Å². The molecule has 5 nitrogen and oxygen atoms in total. The van der Waals surface area contributed by atoms with E-state index in [-0.39, 0.29) is 5.75 Å². The number of methoxy groups -OCH3 is 1. The molecule has 2 rings (SSSR count). The van der Waals surface area contributed by atoms with E-state index in [1.165, 1.54) is 0 Å². The zero-order chi connectivity index (χ0) is 14.5. The van der Waals surface area contributed by atoms with Crippen LogP contribution in [0.4, 0.5) is 5.82 Å². The maximum absolute atomic E-state index is 9.58. The number of aromatic nitrogens is 2. The van der Waals surface area contributed by atoms with Crippen LogP contribution in [0.15, 0.2) is 24.3 Å². The molecule has 2 N–H and O–H groups in total. The second-order valence-electron chi connectivity index (χ2n) is 4.17. The Bertz CT molecular complexity index is 578. The standard InChI is InChI=1S/C14H16IN3O2/c1-3-16-14-12(15)11(8-20-2)17-13(18-14)9-5-4-6-10(19)7-9/h4-7,19H,3,8H2,1-2H3,(H,16,17,18). The normalized spacial score (nSPS) is 10.6. The van der Waals surface area contributed by atoms with Crippen LogP contribution in [0, 0.1) is 3.57 Å². The topological polar surface area (TPSA) is 67.3 Å². The molecule has 0 amide bonds. The van der Waals surface area contributed by atoms with Gasteiger partial charge in [-0.05, 0) is 41.6 Å². The van der Waals surface area contributed by atoms with E-state index in [4.69, 9.17) is 4.74 Å². The van der Waals surface area contributed by atoms with Gasteiger partial charge in [-0.1, -0.05) is 12.1 Å². The Morgan fingerprint density at radius 3 is 2.80 bits per heavy atom. The number of hydrogen-bond acceptors (Lipinski definition) is 5. The van der Waals surface area contributed by atoms with Crippen LogP contribution in [0.1, 0.15) is 12.6 Å². The van der Waals surface area contributed by atoms with Crippen LogP contribution >= 0.6 is 22.6 Å². The van der Waals surface area contributed by atoms with Crippen molar-refractivity contribution in [3.05, 3.63) is 33.5 Å². The maximum atomic E-state index is 9.58. The first-order valence-electron chi connectivity index (χ1n) is 6.24. The van der Waals surface area contributed by atoms with Crippen LogP contribution in [-0.4, -0.2) is 28.7 Å². The quantitative estimate of drug-likeness (QED) is 0.775. The highest BCUT2D eigenvalue weighted by Crippen LogP contribution is 2.26.